The summed E-state index contributed by atoms with van der Waals surface area (Å²) >= 11 is 12.1. The van der Waals surface area contributed by atoms with Crippen LogP contribution in [-0.2, 0) is 13.0 Å². The van der Waals surface area contributed by atoms with E-state index in [2.05, 4.69) is 36.5 Å². The van der Waals surface area contributed by atoms with Gasteiger partial charge in [-0.1, -0.05) is 65.2 Å². The molecule has 2 rings (SSSR count). The van der Waals surface area contributed by atoms with Crippen molar-refractivity contribution in [2.45, 2.75) is 19.9 Å². The first-order chi connectivity index (χ1) is 9.16. The Balaban J connectivity index is 1.82. The molecular formula is C16H17Cl2N. The Bertz CT molecular complexity index is 552. The fourth-order valence-corrected chi connectivity index (χ4v) is 2.40. The Kier molecular flexibility index (Phi) is 5.26. The van der Waals surface area contributed by atoms with Crippen molar-refractivity contribution in [2.75, 3.05) is 6.54 Å². The standard InChI is InChI=1S/C16H17Cl2N/c1-12-4-2-5-13(10-12)8-9-19-11-14-6-3-7-15(17)16(14)18/h2-7,10,19H,8-9,11H2,1H3. The molecule has 0 radical (unpaired) electrons. The van der Waals surface area contributed by atoms with Crippen LogP contribution in [0.15, 0.2) is 42.5 Å². The highest BCUT2D eigenvalue weighted by molar-refractivity contribution is 6.42. The zero-order valence-electron chi connectivity index (χ0n) is 10.9. The molecule has 1 N–H and O–H groups in total. The second kappa shape index (κ2) is 6.95. The molecule has 3 heteroatoms. The molecule has 0 saturated heterocycles. The minimum Gasteiger partial charge on any atom is -0.312 e. The predicted octanol–water partition coefficient (Wildman–Crippen LogP) is 4.63. The molecule has 0 aliphatic carbocycles. The summed E-state index contributed by atoms with van der Waals surface area (Å²) in [5, 5.41) is 4.65. The number of halogens is 2. The second-order valence-corrected chi connectivity index (χ2v) is 5.41. The molecular weight excluding hydrogens is 277 g/mol. The van der Waals surface area contributed by atoms with E-state index in [0.29, 0.717) is 10.0 Å². The quantitative estimate of drug-likeness (QED) is 0.792. The molecule has 0 saturated carbocycles. The molecule has 0 aliphatic rings. The van der Waals surface area contributed by atoms with Gasteiger partial charge in [-0.05, 0) is 37.1 Å². The average molecular weight is 294 g/mol. The first-order valence-electron chi connectivity index (χ1n) is 6.36. The minimum absolute atomic E-state index is 0.611. The van der Waals surface area contributed by atoms with Gasteiger partial charge >= 0.3 is 0 Å². The van der Waals surface area contributed by atoms with Crippen molar-refractivity contribution < 1.29 is 0 Å². The summed E-state index contributed by atoms with van der Waals surface area (Å²) in [6.45, 7) is 3.78. The molecule has 0 heterocycles. The molecule has 0 aromatic heterocycles. The van der Waals surface area contributed by atoms with Gasteiger partial charge in [0.15, 0.2) is 0 Å². The SMILES string of the molecule is Cc1cccc(CCNCc2cccc(Cl)c2Cl)c1. The van der Waals surface area contributed by atoms with Crippen molar-refractivity contribution in [2.24, 2.45) is 0 Å². The number of hydrogen-bond donors (Lipinski definition) is 1. The lowest BCUT2D eigenvalue weighted by Gasteiger charge is -2.08. The van der Waals surface area contributed by atoms with Crippen LogP contribution in [0.5, 0.6) is 0 Å². The van der Waals surface area contributed by atoms with E-state index in [9.17, 15) is 0 Å². The molecule has 0 fully saturated rings. The average Bonchev–Trinajstić information content (AvgIpc) is 2.39. The summed E-state index contributed by atoms with van der Waals surface area (Å²) < 4.78 is 0. The zero-order chi connectivity index (χ0) is 13.7. The molecule has 19 heavy (non-hydrogen) atoms. The molecule has 2 aromatic rings. The van der Waals surface area contributed by atoms with Crippen LogP contribution in [0, 0.1) is 6.92 Å². The Morgan fingerprint density at radius 1 is 1.05 bits per heavy atom. The second-order valence-electron chi connectivity index (χ2n) is 4.63. The lowest BCUT2D eigenvalue weighted by atomic mass is 10.1. The van der Waals surface area contributed by atoms with Gasteiger partial charge in [-0.3, -0.25) is 0 Å². The van der Waals surface area contributed by atoms with Gasteiger partial charge in [0.1, 0.15) is 0 Å². The van der Waals surface area contributed by atoms with Crippen LogP contribution in [0.2, 0.25) is 10.0 Å². The van der Waals surface area contributed by atoms with E-state index in [1.54, 1.807) is 6.07 Å². The number of aryl methyl sites for hydroxylation is 1. The van der Waals surface area contributed by atoms with E-state index in [1.807, 2.05) is 12.1 Å². The van der Waals surface area contributed by atoms with Crippen LogP contribution in [-0.4, -0.2) is 6.54 Å². The summed E-state index contributed by atoms with van der Waals surface area (Å²) in [7, 11) is 0. The van der Waals surface area contributed by atoms with E-state index in [4.69, 9.17) is 23.2 Å². The number of hydrogen-bond acceptors (Lipinski definition) is 1. The van der Waals surface area contributed by atoms with Crippen molar-refractivity contribution in [1.29, 1.82) is 0 Å². The number of rotatable bonds is 5. The maximum Gasteiger partial charge on any atom is 0.0637 e. The normalized spacial score (nSPS) is 10.7. The lowest BCUT2D eigenvalue weighted by molar-refractivity contribution is 0.687. The van der Waals surface area contributed by atoms with Crippen molar-refractivity contribution in [3.63, 3.8) is 0 Å². The third-order valence-corrected chi connectivity index (χ3v) is 3.88. The molecule has 0 atom stereocenters. The Hall–Kier alpha value is -1.02. The third kappa shape index (κ3) is 4.24. The number of nitrogens with one attached hydrogen (secondary N) is 1. The Labute approximate surface area is 124 Å². The largest absolute Gasteiger partial charge is 0.312 e. The molecule has 100 valence electrons. The highest BCUT2D eigenvalue weighted by atomic mass is 35.5. The van der Waals surface area contributed by atoms with Gasteiger partial charge in [-0.15, -0.1) is 0 Å². The predicted molar refractivity (Wildman–Crippen MR) is 83.1 cm³/mol. The summed E-state index contributed by atoms with van der Waals surface area (Å²) in [5.41, 5.74) is 3.69. The van der Waals surface area contributed by atoms with Gasteiger partial charge < -0.3 is 5.32 Å². The molecule has 0 spiro atoms. The molecule has 0 aliphatic heterocycles. The van der Waals surface area contributed by atoms with Gasteiger partial charge in [0.2, 0.25) is 0 Å². The fourth-order valence-electron chi connectivity index (χ4n) is 2.01. The van der Waals surface area contributed by atoms with Crippen molar-refractivity contribution >= 4 is 23.2 Å². The highest BCUT2D eigenvalue weighted by Crippen LogP contribution is 2.25. The smallest absolute Gasteiger partial charge is 0.0637 e. The van der Waals surface area contributed by atoms with Gasteiger partial charge in [0, 0.05) is 6.54 Å². The van der Waals surface area contributed by atoms with Crippen molar-refractivity contribution in [3.05, 3.63) is 69.2 Å². The van der Waals surface area contributed by atoms with E-state index in [1.165, 1.54) is 11.1 Å². The van der Waals surface area contributed by atoms with Crippen LogP contribution in [0.25, 0.3) is 0 Å². The minimum atomic E-state index is 0.611. The summed E-state index contributed by atoms with van der Waals surface area (Å²) in [5.74, 6) is 0. The van der Waals surface area contributed by atoms with Gasteiger partial charge in [0.25, 0.3) is 0 Å². The summed E-state index contributed by atoms with van der Waals surface area (Å²) in [4.78, 5) is 0. The topological polar surface area (TPSA) is 12.0 Å². The van der Waals surface area contributed by atoms with Crippen molar-refractivity contribution in [3.8, 4) is 0 Å². The van der Waals surface area contributed by atoms with Crippen LogP contribution in [0.1, 0.15) is 16.7 Å². The van der Waals surface area contributed by atoms with E-state index in [-0.39, 0.29) is 0 Å². The van der Waals surface area contributed by atoms with Gasteiger partial charge in [-0.25, -0.2) is 0 Å². The third-order valence-electron chi connectivity index (χ3n) is 3.02. The monoisotopic (exact) mass is 293 g/mol. The maximum atomic E-state index is 6.14. The number of benzene rings is 2. The molecule has 0 amide bonds. The first kappa shape index (κ1) is 14.4. The summed E-state index contributed by atoms with van der Waals surface area (Å²) in [6, 6.07) is 14.3. The molecule has 0 unspecified atom stereocenters. The van der Waals surface area contributed by atoms with E-state index < -0.39 is 0 Å². The Morgan fingerprint density at radius 2 is 1.84 bits per heavy atom. The Morgan fingerprint density at radius 3 is 2.63 bits per heavy atom. The summed E-state index contributed by atoms with van der Waals surface area (Å²) in [6.07, 6.45) is 1.01. The molecule has 1 nitrogen and oxygen atoms in total. The van der Waals surface area contributed by atoms with E-state index >= 15 is 0 Å². The van der Waals surface area contributed by atoms with Crippen LogP contribution >= 0.6 is 23.2 Å². The van der Waals surface area contributed by atoms with E-state index in [0.717, 1.165) is 25.1 Å². The van der Waals surface area contributed by atoms with Crippen LogP contribution < -0.4 is 5.32 Å². The molecule has 0 bridgehead atoms. The van der Waals surface area contributed by atoms with Crippen LogP contribution in [0.3, 0.4) is 0 Å². The fraction of sp³-hybridized carbons (Fsp3) is 0.250. The molecule has 2 aromatic carbocycles. The van der Waals surface area contributed by atoms with Gasteiger partial charge in [0.05, 0.1) is 10.0 Å². The van der Waals surface area contributed by atoms with Gasteiger partial charge in [-0.2, -0.15) is 0 Å². The van der Waals surface area contributed by atoms with Crippen LogP contribution in [0.4, 0.5) is 0 Å². The van der Waals surface area contributed by atoms with Crippen molar-refractivity contribution in [1.82, 2.24) is 5.32 Å². The maximum absolute atomic E-state index is 6.14. The highest BCUT2D eigenvalue weighted by Gasteiger charge is 2.03. The zero-order valence-corrected chi connectivity index (χ0v) is 12.4. The first-order valence-corrected chi connectivity index (χ1v) is 7.11. The lowest BCUT2D eigenvalue weighted by Crippen LogP contribution is -2.17.